The summed E-state index contributed by atoms with van der Waals surface area (Å²) < 4.78 is 0. The van der Waals surface area contributed by atoms with Crippen molar-refractivity contribution in [2.24, 2.45) is 0 Å². The number of aryl methyl sites for hydroxylation is 4. The van der Waals surface area contributed by atoms with Crippen molar-refractivity contribution in [3.8, 4) is 65.3 Å². The normalized spacial score (nSPS) is 12.6. The number of nitrogens with one attached hydrogen (secondary N) is 1. The van der Waals surface area contributed by atoms with Crippen LogP contribution in [0.1, 0.15) is 22.3 Å². The number of nitrogens with zero attached hydrogens (tertiary/aromatic N) is 11. The maximum Gasteiger partial charge on any atom is 0.166 e. The zero-order chi connectivity index (χ0) is 32.6. The van der Waals surface area contributed by atoms with Crippen LogP contribution < -0.4 is 0 Å². The summed E-state index contributed by atoms with van der Waals surface area (Å²) in [6.45, 7) is 0. The van der Waals surface area contributed by atoms with E-state index in [1.54, 1.807) is 31.1 Å². The number of pyridine rings is 4. The molecule has 8 aromatic heterocycles. The summed E-state index contributed by atoms with van der Waals surface area (Å²) in [7, 11) is 0. The van der Waals surface area contributed by atoms with Crippen molar-refractivity contribution < 1.29 is 0 Å². The SMILES string of the molecule is c1cncc(-c2nnc(-c3ccc4c(n3)-c3[nH]ncc3CC4)s2)c1.c1cncc(-c2nnc(-c3ccc4c(n3)-c3ncncc3CC4)s2)c1. The monoisotopic (exact) mass is 676 g/mol. The molecule has 14 heteroatoms. The van der Waals surface area contributed by atoms with Gasteiger partial charge in [0, 0.05) is 42.1 Å². The number of hydrogen-bond acceptors (Lipinski definition) is 13. The molecule has 2 aliphatic carbocycles. The van der Waals surface area contributed by atoms with Crippen LogP contribution in [0.5, 0.6) is 0 Å². The molecule has 8 aromatic rings. The fourth-order valence-electron chi connectivity index (χ4n) is 5.90. The van der Waals surface area contributed by atoms with Crippen LogP contribution in [0.4, 0.5) is 0 Å². The summed E-state index contributed by atoms with van der Waals surface area (Å²) in [4.78, 5) is 26.5. The molecule has 10 rings (SSSR count). The lowest BCUT2D eigenvalue weighted by molar-refractivity contribution is 0.897. The van der Waals surface area contributed by atoms with Crippen molar-refractivity contribution in [2.45, 2.75) is 25.7 Å². The van der Waals surface area contributed by atoms with Gasteiger partial charge in [0.05, 0.1) is 29.0 Å². The molecule has 0 atom stereocenters. The zero-order valence-corrected chi connectivity index (χ0v) is 27.4. The number of fused-ring (bicyclic) bond motifs is 6. The van der Waals surface area contributed by atoms with E-state index in [9.17, 15) is 0 Å². The van der Waals surface area contributed by atoms with Gasteiger partial charge in [-0.3, -0.25) is 15.1 Å². The van der Waals surface area contributed by atoms with Crippen LogP contribution in [-0.2, 0) is 25.7 Å². The molecule has 0 saturated carbocycles. The Hall–Kier alpha value is -5.99. The van der Waals surface area contributed by atoms with E-state index < -0.39 is 0 Å². The second-order valence-electron chi connectivity index (χ2n) is 11.4. The van der Waals surface area contributed by atoms with E-state index in [0.717, 1.165) is 96.6 Å². The Morgan fingerprint density at radius 3 is 1.76 bits per heavy atom. The summed E-state index contributed by atoms with van der Waals surface area (Å²) in [5.74, 6) is 0. The van der Waals surface area contributed by atoms with Crippen LogP contribution in [0.25, 0.3) is 65.3 Å². The molecule has 0 aliphatic heterocycles. The summed E-state index contributed by atoms with van der Waals surface area (Å²) >= 11 is 3.04. The van der Waals surface area contributed by atoms with Gasteiger partial charge >= 0.3 is 0 Å². The molecule has 0 amide bonds. The minimum Gasteiger partial charge on any atom is -0.276 e. The summed E-state index contributed by atoms with van der Waals surface area (Å²) in [5.41, 5.74) is 12.3. The number of aromatic nitrogens is 12. The highest BCUT2D eigenvalue weighted by atomic mass is 32.1. The summed E-state index contributed by atoms with van der Waals surface area (Å²) in [6, 6.07) is 16.0. The highest BCUT2D eigenvalue weighted by molar-refractivity contribution is 7.18. The summed E-state index contributed by atoms with van der Waals surface area (Å²) in [5, 5.41) is 27.7. The number of rotatable bonds is 4. The van der Waals surface area contributed by atoms with Crippen LogP contribution in [0.15, 0.2) is 92.0 Å². The lowest BCUT2D eigenvalue weighted by Gasteiger charge is -2.17. The first kappa shape index (κ1) is 29.2. The fourth-order valence-corrected chi connectivity index (χ4v) is 7.51. The molecule has 0 fully saturated rings. The third-order valence-electron chi connectivity index (χ3n) is 8.36. The van der Waals surface area contributed by atoms with E-state index in [1.807, 2.05) is 48.8 Å². The van der Waals surface area contributed by atoms with Gasteiger partial charge in [-0.15, -0.1) is 20.4 Å². The quantitative estimate of drug-likeness (QED) is 0.221. The van der Waals surface area contributed by atoms with Gasteiger partial charge in [0.1, 0.15) is 27.7 Å². The van der Waals surface area contributed by atoms with E-state index in [-0.39, 0.29) is 0 Å². The molecule has 0 spiro atoms. The summed E-state index contributed by atoms with van der Waals surface area (Å²) in [6.07, 6.45) is 16.3. The molecule has 8 heterocycles. The van der Waals surface area contributed by atoms with Crippen LogP contribution >= 0.6 is 22.7 Å². The molecule has 0 aromatic carbocycles. The largest absolute Gasteiger partial charge is 0.276 e. The van der Waals surface area contributed by atoms with Gasteiger partial charge in [-0.25, -0.2) is 19.9 Å². The lowest BCUT2D eigenvalue weighted by Crippen LogP contribution is -2.08. The zero-order valence-electron chi connectivity index (χ0n) is 25.7. The number of aromatic amines is 1. The van der Waals surface area contributed by atoms with Crippen molar-refractivity contribution in [2.75, 3.05) is 0 Å². The Morgan fingerprint density at radius 1 is 0.510 bits per heavy atom. The molecule has 0 unspecified atom stereocenters. The molecule has 0 radical (unpaired) electrons. The maximum absolute atomic E-state index is 4.83. The molecule has 0 bridgehead atoms. The Bertz CT molecular complexity index is 2420. The van der Waals surface area contributed by atoms with Crippen LogP contribution in [-0.4, -0.2) is 60.5 Å². The van der Waals surface area contributed by atoms with Gasteiger partial charge in [0.15, 0.2) is 10.0 Å². The standard InChI is InChI=1S/C18H12N6S.C17H12N6S/c1-2-13(9-19-7-1)17-23-24-18(25-17)14-6-5-11-3-4-12-8-20-10-21-15(12)16(11)22-14;1-2-12(8-18-7-1)16-22-23-17(24-16)13-6-5-10-3-4-11-9-19-21-15(11)14(10)20-13/h1-2,5-10H,3-4H2;1-2,5-9H,3-4H2,(H,19,21). The Kier molecular flexibility index (Phi) is 7.48. The van der Waals surface area contributed by atoms with Crippen molar-refractivity contribution in [3.05, 3.63) is 114 Å². The van der Waals surface area contributed by atoms with Gasteiger partial charge in [0.25, 0.3) is 0 Å². The molecule has 0 saturated heterocycles. The van der Waals surface area contributed by atoms with Crippen molar-refractivity contribution in [3.63, 3.8) is 0 Å². The van der Waals surface area contributed by atoms with Gasteiger partial charge < -0.3 is 0 Å². The Balaban J connectivity index is 0.000000133. The Labute approximate surface area is 287 Å². The van der Waals surface area contributed by atoms with Crippen LogP contribution in [0.2, 0.25) is 0 Å². The van der Waals surface area contributed by atoms with E-state index in [4.69, 9.17) is 9.97 Å². The van der Waals surface area contributed by atoms with Gasteiger partial charge in [0.2, 0.25) is 0 Å². The van der Waals surface area contributed by atoms with E-state index in [2.05, 4.69) is 62.7 Å². The van der Waals surface area contributed by atoms with Crippen molar-refractivity contribution in [1.82, 2.24) is 60.5 Å². The first-order valence-corrected chi connectivity index (χ1v) is 17.2. The number of H-pyrrole nitrogens is 1. The first-order valence-electron chi connectivity index (χ1n) is 15.6. The minimum absolute atomic E-state index is 0.794. The number of hydrogen-bond donors (Lipinski definition) is 1. The van der Waals surface area contributed by atoms with E-state index in [1.165, 1.54) is 39.4 Å². The van der Waals surface area contributed by atoms with Crippen molar-refractivity contribution in [1.29, 1.82) is 0 Å². The predicted molar refractivity (Wildman–Crippen MR) is 186 cm³/mol. The first-order chi connectivity index (χ1) is 24.3. The molecule has 236 valence electrons. The van der Waals surface area contributed by atoms with E-state index in [0.29, 0.717) is 0 Å². The highest BCUT2D eigenvalue weighted by Gasteiger charge is 2.22. The lowest BCUT2D eigenvalue weighted by atomic mass is 9.93. The molecular weight excluding hydrogens is 653 g/mol. The highest BCUT2D eigenvalue weighted by Crippen LogP contribution is 2.36. The molecule has 1 N–H and O–H groups in total. The third-order valence-corrected chi connectivity index (χ3v) is 10.3. The second-order valence-corrected chi connectivity index (χ2v) is 13.3. The molecule has 12 nitrogen and oxygen atoms in total. The fraction of sp³-hybridized carbons (Fsp3) is 0.114. The van der Waals surface area contributed by atoms with Crippen LogP contribution in [0.3, 0.4) is 0 Å². The van der Waals surface area contributed by atoms with Gasteiger partial charge in [-0.1, -0.05) is 34.8 Å². The predicted octanol–water partition coefficient (Wildman–Crippen LogP) is 6.37. The minimum atomic E-state index is 0.794. The van der Waals surface area contributed by atoms with Crippen molar-refractivity contribution >= 4 is 22.7 Å². The average molecular weight is 677 g/mol. The third kappa shape index (κ3) is 5.66. The van der Waals surface area contributed by atoms with Gasteiger partial charge in [-0.2, -0.15) is 5.10 Å². The molecule has 2 aliphatic rings. The Morgan fingerprint density at radius 2 is 1.10 bits per heavy atom. The van der Waals surface area contributed by atoms with Gasteiger partial charge in [-0.05, 0) is 84.3 Å². The van der Waals surface area contributed by atoms with Crippen LogP contribution in [0, 0.1) is 0 Å². The smallest absolute Gasteiger partial charge is 0.166 e. The second kappa shape index (κ2) is 12.6. The molecule has 49 heavy (non-hydrogen) atoms. The molecular formula is C35H24N12S2. The maximum atomic E-state index is 4.83. The van der Waals surface area contributed by atoms with E-state index >= 15 is 0 Å². The average Bonchev–Trinajstić information content (AvgIpc) is 3.97. The topological polar surface area (TPSA) is 158 Å².